The van der Waals surface area contributed by atoms with Crippen molar-refractivity contribution in [3.8, 4) is 5.75 Å². The van der Waals surface area contributed by atoms with E-state index >= 15 is 0 Å². The smallest absolute Gasteiger partial charge is 0.414 e. The van der Waals surface area contributed by atoms with E-state index in [1.54, 1.807) is 0 Å². The summed E-state index contributed by atoms with van der Waals surface area (Å²) >= 11 is 0. The van der Waals surface area contributed by atoms with Crippen molar-refractivity contribution in [3.63, 3.8) is 0 Å². The van der Waals surface area contributed by atoms with Crippen molar-refractivity contribution in [3.05, 3.63) is 42.5 Å². The maximum absolute atomic E-state index is 9.10. The molecule has 0 amide bonds. The highest BCUT2D eigenvalue weighted by atomic mass is 16.5. The molecule has 0 spiro atoms. The molecular formula is C17H21NO5. The van der Waals surface area contributed by atoms with Crippen molar-refractivity contribution in [2.24, 2.45) is 0 Å². The van der Waals surface area contributed by atoms with Crippen LogP contribution in [-0.4, -0.2) is 42.4 Å². The first-order valence-electron chi connectivity index (χ1n) is 7.27. The SMILES string of the molecule is CNCCCCOc1ccc2ccccc2c1.O=C(O)C(=O)O. The summed E-state index contributed by atoms with van der Waals surface area (Å²) in [7, 11) is 1.98. The maximum Gasteiger partial charge on any atom is 0.414 e. The first-order chi connectivity index (χ1) is 11.0. The number of aliphatic carboxylic acids is 2. The Balaban J connectivity index is 0.000000379. The van der Waals surface area contributed by atoms with Crippen molar-refractivity contribution in [2.75, 3.05) is 20.2 Å². The summed E-state index contributed by atoms with van der Waals surface area (Å²) in [6, 6.07) is 14.6. The van der Waals surface area contributed by atoms with E-state index < -0.39 is 11.9 Å². The number of hydrogen-bond acceptors (Lipinski definition) is 4. The van der Waals surface area contributed by atoms with Gasteiger partial charge in [0.05, 0.1) is 6.61 Å². The van der Waals surface area contributed by atoms with Gasteiger partial charge in [0, 0.05) is 0 Å². The molecule has 6 nitrogen and oxygen atoms in total. The summed E-state index contributed by atoms with van der Waals surface area (Å²) in [5.74, 6) is -2.68. The third-order valence-corrected chi connectivity index (χ3v) is 2.99. The van der Waals surface area contributed by atoms with Crippen LogP contribution < -0.4 is 10.1 Å². The van der Waals surface area contributed by atoms with Gasteiger partial charge in [-0.2, -0.15) is 0 Å². The van der Waals surface area contributed by atoms with E-state index in [0.29, 0.717) is 0 Å². The lowest BCUT2D eigenvalue weighted by molar-refractivity contribution is -0.159. The van der Waals surface area contributed by atoms with E-state index in [1.165, 1.54) is 10.8 Å². The Bertz CT molecular complexity index is 630. The van der Waals surface area contributed by atoms with Crippen LogP contribution in [0.15, 0.2) is 42.5 Å². The van der Waals surface area contributed by atoms with Gasteiger partial charge in [-0.3, -0.25) is 0 Å². The van der Waals surface area contributed by atoms with Gasteiger partial charge in [0.2, 0.25) is 0 Å². The van der Waals surface area contributed by atoms with Crippen LogP contribution in [0.25, 0.3) is 10.8 Å². The molecule has 0 aliphatic heterocycles. The number of rotatable bonds is 6. The highest BCUT2D eigenvalue weighted by Crippen LogP contribution is 2.20. The standard InChI is InChI=1S/C15H19NO.C2H2O4/c1-16-10-4-5-11-17-15-9-8-13-6-2-3-7-14(13)12-15;3-1(4)2(5)6/h2-3,6-9,12,16H,4-5,10-11H2,1H3;(H,3,4)(H,5,6). The molecule has 0 bridgehead atoms. The molecule has 0 aliphatic rings. The summed E-state index contributed by atoms with van der Waals surface area (Å²) < 4.78 is 5.73. The molecule has 0 radical (unpaired) electrons. The normalized spacial score (nSPS) is 9.78. The quantitative estimate of drug-likeness (QED) is 0.559. The Morgan fingerprint density at radius 1 is 1.00 bits per heavy atom. The van der Waals surface area contributed by atoms with E-state index in [2.05, 4.69) is 41.7 Å². The Kier molecular flexibility index (Phi) is 8.17. The number of carboxylic acids is 2. The molecule has 0 fully saturated rings. The van der Waals surface area contributed by atoms with Crippen molar-refractivity contribution in [2.45, 2.75) is 12.8 Å². The zero-order valence-corrected chi connectivity index (χ0v) is 13.0. The molecular weight excluding hydrogens is 298 g/mol. The molecule has 0 aliphatic carbocycles. The molecule has 0 atom stereocenters. The predicted octanol–water partition coefficient (Wildman–Crippen LogP) is 2.37. The molecule has 0 heterocycles. The van der Waals surface area contributed by atoms with Gasteiger partial charge in [0.15, 0.2) is 0 Å². The highest BCUT2D eigenvalue weighted by Gasteiger charge is 2.04. The molecule has 3 N–H and O–H groups in total. The molecule has 2 rings (SSSR count). The van der Waals surface area contributed by atoms with Crippen LogP contribution in [0.3, 0.4) is 0 Å². The van der Waals surface area contributed by atoms with E-state index in [4.69, 9.17) is 24.5 Å². The molecule has 23 heavy (non-hydrogen) atoms. The summed E-state index contributed by atoms with van der Waals surface area (Å²) in [6.07, 6.45) is 2.25. The number of nitrogens with one attached hydrogen (secondary N) is 1. The van der Waals surface area contributed by atoms with Crippen LogP contribution in [0.2, 0.25) is 0 Å². The van der Waals surface area contributed by atoms with E-state index in [9.17, 15) is 0 Å². The topological polar surface area (TPSA) is 95.9 Å². The van der Waals surface area contributed by atoms with Crippen molar-refractivity contribution >= 4 is 22.7 Å². The minimum Gasteiger partial charge on any atom is -0.494 e. The number of fused-ring (bicyclic) bond motifs is 1. The minimum atomic E-state index is -1.82. The molecule has 0 saturated carbocycles. The van der Waals surface area contributed by atoms with Gasteiger partial charge in [-0.25, -0.2) is 9.59 Å². The van der Waals surface area contributed by atoms with Gasteiger partial charge in [-0.15, -0.1) is 0 Å². The summed E-state index contributed by atoms with van der Waals surface area (Å²) in [4.78, 5) is 18.2. The number of carboxylic acid groups (broad SMARTS) is 2. The second kappa shape index (κ2) is 10.2. The average Bonchev–Trinajstić information content (AvgIpc) is 2.55. The van der Waals surface area contributed by atoms with Gasteiger partial charge in [0.25, 0.3) is 0 Å². The van der Waals surface area contributed by atoms with Crippen LogP contribution in [0.4, 0.5) is 0 Å². The molecule has 0 unspecified atom stereocenters. The van der Waals surface area contributed by atoms with Crippen LogP contribution in [-0.2, 0) is 9.59 Å². The molecule has 0 saturated heterocycles. The first kappa shape index (κ1) is 18.4. The van der Waals surface area contributed by atoms with Gasteiger partial charge in [0.1, 0.15) is 5.75 Å². The van der Waals surface area contributed by atoms with E-state index in [1.807, 2.05) is 13.1 Å². The third-order valence-electron chi connectivity index (χ3n) is 2.99. The lowest BCUT2D eigenvalue weighted by Gasteiger charge is -2.07. The number of ether oxygens (including phenoxy) is 1. The van der Waals surface area contributed by atoms with Crippen LogP contribution in [0, 0.1) is 0 Å². The fraction of sp³-hybridized carbons (Fsp3) is 0.294. The van der Waals surface area contributed by atoms with Gasteiger partial charge >= 0.3 is 11.9 Å². The number of unbranched alkanes of at least 4 members (excludes halogenated alkanes) is 1. The van der Waals surface area contributed by atoms with Crippen molar-refractivity contribution in [1.29, 1.82) is 0 Å². The van der Waals surface area contributed by atoms with Crippen LogP contribution >= 0.6 is 0 Å². The Morgan fingerprint density at radius 3 is 2.26 bits per heavy atom. The van der Waals surface area contributed by atoms with Crippen LogP contribution in [0.5, 0.6) is 5.75 Å². The fourth-order valence-electron chi connectivity index (χ4n) is 1.85. The van der Waals surface area contributed by atoms with Crippen molar-refractivity contribution < 1.29 is 24.5 Å². The third kappa shape index (κ3) is 7.28. The van der Waals surface area contributed by atoms with Gasteiger partial charge in [-0.05, 0) is 49.3 Å². The fourth-order valence-corrected chi connectivity index (χ4v) is 1.85. The highest BCUT2D eigenvalue weighted by molar-refractivity contribution is 6.27. The lowest BCUT2D eigenvalue weighted by Crippen LogP contribution is -2.09. The Labute approximate surface area is 134 Å². The second-order valence-electron chi connectivity index (χ2n) is 4.78. The zero-order valence-electron chi connectivity index (χ0n) is 13.0. The number of benzene rings is 2. The summed E-state index contributed by atoms with van der Waals surface area (Å²) in [6.45, 7) is 1.85. The monoisotopic (exact) mass is 319 g/mol. The van der Waals surface area contributed by atoms with Crippen LogP contribution in [0.1, 0.15) is 12.8 Å². The Hall–Kier alpha value is -2.60. The molecule has 124 valence electrons. The molecule has 6 heteroatoms. The van der Waals surface area contributed by atoms with E-state index in [-0.39, 0.29) is 0 Å². The largest absolute Gasteiger partial charge is 0.494 e. The van der Waals surface area contributed by atoms with Crippen molar-refractivity contribution in [1.82, 2.24) is 5.32 Å². The van der Waals surface area contributed by atoms with Gasteiger partial charge in [-0.1, -0.05) is 30.3 Å². The van der Waals surface area contributed by atoms with E-state index in [0.717, 1.165) is 31.7 Å². The predicted molar refractivity (Wildman–Crippen MR) is 87.9 cm³/mol. The first-order valence-corrected chi connectivity index (χ1v) is 7.27. The van der Waals surface area contributed by atoms with Gasteiger partial charge < -0.3 is 20.3 Å². The zero-order chi connectivity index (χ0) is 17.1. The summed E-state index contributed by atoms with van der Waals surface area (Å²) in [5.41, 5.74) is 0. The Morgan fingerprint density at radius 2 is 1.65 bits per heavy atom. The molecule has 0 aromatic heterocycles. The minimum absolute atomic E-state index is 0.792. The lowest BCUT2D eigenvalue weighted by atomic mass is 10.1. The maximum atomic E-state index is 9.10. The number of hydrogen-bond donors (Lipinski definition) is 3. The average molecular weight is 319 g/mol. The molecule has 2 aromatic carbocycles. The molecule has 2 aromatic rings. The second-order valence-corrected chi connectivity index (χ2v) is 4.78. The summed E-state index contributed by atoms with van der Waals surface area (Å²) in [5, 5.41) is 20.4. The number of carbonyl (C=O) groups is 2.